The molecule has 0 spiro atoms. The lowest BCUT2D eigenvalue weighted by atomic mass is 9.85. The molecule has 3 atom stereocenters. The Labute approximate surface area is 135 Å². The first-order chi connectivity index (χ1) is 11.3. The van der Waals surface area contributed by atoms with Crippen LogP contribution in [-0.2, 0) is 4.79 Å². The van der Waals surface area contributed by atoms with E-state index in [1.54, 1.807) is 12.4 Å². The van der Waals surface area contributed by atoms with Crippen molar-refractivity contribution >= 4 is 11.6 Å². The maximum atomic E-state index is 12.6. The van der Waals surface area contributed by atoms with E-state index < -0.39 is 0 Å². The standard InChI is InChI=1S/C18H22N4O/c23-18(16-11-12-4-1-2-7-15(12)22-16)21-14-6-3-5-13(10-14)17-19-8-9-20-17/h3,5-6,8-10,12,15-16,22H,1-2,4,7,11H2,(H,19,20)(H,21,23). The van der Waals surface area contributed by atoms with Gasteiger partial charge in [0.15, 0.2) is 0 Å². The third-order valence-electron chi connectivity index (χ3n) is 5.08. The van der Waals surface area contributed by atoms with E-state index in [9.17, 15) is 4.79 Å². The third-order valence-corrected chi connectivity index (χ3v) is 5.08. The van der Waals surface area contributed by atoms with Crippen molar-refractivity contribution in [3.05, 3.63) is 36.7 Å². The zero-order valence-corrected chi connectivity index (χ0v) is 13.1. The van der Waals surface area contributed by atoms with Crippen LogP contribution in [0.3, 0.4) is 0 Å². The number of imidazole rings is 1. The summed E-state index contributed by atoms with van der Waals surface area (Å²) < 4.78 is 0. The predicted molar refractivity (Wildman–Crippen MR) is 89.9 cm³/mol. The van der Waals surface area contributed by atoms with E-state index in [1.807, 2.05) is 24.3 Å². The van der Waals surface area contributed by atoms with Crippen molar-refractivity contribution < 1.29 is 4.79 Å². The highest BCUT2D eigenvalue weighted by molar-refractivity contribution is 5.95. The van der Waals surface area contributed by atoms with Crippen LogP contribution in [0.1, 0.15) is 32.1 Å². The Kier molecular flexibility index (Phi) is 3.87. The molecule has 1 aromatic carbocycles. The second kappa shape index (κ2) is 6.16. The molecular formula is C18H22N4O. The number of carbonyl (C=O) groups excluding carboxylic acids is 1. The quantitative estimate of drug-likeness (QED) is 0.816. The number of rotatable bonds is 3. The molecule has 1 saturated carbocycles. The van der Waals surface area contributed by atoms with Crippen LogP contribution in [0.4, 0.5) is 5.69 Å². The number of H-pyrrole nitrogens is 1. The van der Waals surface area contributed by atoms with Crippen molar-refractivity contribution in [3.63, 3.8) is 0 Å². The highest BCUT2D eigenvalue weighted by Crippen LogP contribution is 2.33. The van der Waals surface area contributed by atoms with E-state index in [4.69, 9.17) is 0 Å². The Morgan fingerprint density at radius 2 is 2.17 bits per heavy atom. The molecule has 0 bridgehead atoms. The zero-order valence-electron chi connectivity index (χ0n) is 13.1. The Morgan fingerprint density at radius 1 is 1.26 bits per heavy atom. The topological polar surface area (TPSA) is 69.8 Å². The van der Waals surface area contributed by atoms with Gasteiger partial charge in [-0.15, -0.1) is 0 Å². The summed E-state index contributed by atoms with van der Waals surface area (Å²) in [6.07, 6.45) is 9.55. The molecule has 5 nitrogen and oxygen atoms in total. The smallest absolute Gasteiger partial charge is 0.241 e. The molecular weight excluding hydrogens is 288 g/mol. The molecule has 3 N–H and O–H groups in total. The fourth-order valence-corrected chi connectivity index (χ4v) is 3.92. The van der Waals surface area contributed by atoms with Crippen LogP contribution in [0, 0.1) is 5.92 Å². The summed E-state index contributed by atoms with van der Waals surface area (Å²) in [5.74, 6) is 1.57. The molecule has 2 fully saturated rings. The maximum Gasteiger partial charge on any atom is 0.241 e. The Balaban J connectivity index is 1.44. The number of aromatic amines is 1. The molecule has 3 unspecified atom stereocenters. The van der Waals surface area contributed by atoms with Crippen molar-refractivity contribution in [2.45, 2.75) is 44.2 Å². The van der Waals surface area contributed by atoms with Gasteiger partial charge in [0, 0.05) is 29.7 Å². The number of carbonyl (C=O) groups is 1. The number of benzene rings is 1. The van der Waals surface area contributed by atoms with E-state index in [-0.39, 0.29) is 11.9 Å². The van der Waals surface area contributed by atoms with Crippen LogP contribution in [0.15, 0.2) is 36.7 Å². The molecule has 0 radical (unpaired) electrons. The van der Waals surface area contributed by atoms with E-state index in [1.165, 1.54) is 25.7 Å². The van der Waals surface area contributed by atoms with Crippen LogP contribution in [0.25, 0.3) is 11.4 Å². The van der Waals surface area contributed by atoms with Gasteiger partial charge in [0.25, 0.3) is 0 Å². The molecule has 1 aliphatic heterocycles. The van der Waals surface area contributed by atoms with E-state index >= 15 is 0 Å². The van der Waals surface area contributed by atoms with E-state index in [2.05, 4.69) is 20.6 Å². The molecule has 23 heavy (non-hydrogen) atoms. The molecule has 1 aliphatic carbocycles. The summed E-state index contributed by atoms with van der Waals surface area (Å²) >= 11 is 0. The molecule has 2 heterocycles. The predicted octanol–water partition coefficient (Wildman–Crippen LogP) is 2.94. The Bertz CT molecular complexity index is 668. The van der Waals surface area contributed by atoms with Gasteiger partial charge in [-0.1, -0.05) is 25.0 Å². The van der Waals surface area contributed by atoms with Gasteiger partial charge in [0.2, 0.25) is 5.91 Å². The average Bonchev–Trinajstić information content (AvgIpc) is 3.24. The van der Waals surface area contributed by atoms with Crippen LogP contribution < -0.4 is 10.6 Å². The Morgan fingerprint density at radius 3 is 3.00 bits per heavy atom. The van der Waals surface area contributed by atoms with Crippen LogP contribution >= 0.6 is 0 Å². The largest absolute Gasteiger partial charge is 0.345 e. The van der Waals surface area contributed by atoms with Crippen molar-refractivity contribution in [1.29, 1.82) is 0 Å². The van der Waals surface area contributed by atoms with Crippen LogP contribution in [0.2, 0.25) is 0 Å². The SMILES string of the molecule is O=C(Nc1cccc(-c2ncc[nH]2)c1)C1CC2CCCCC2N1. The maximum absolute atomic E-state index is 12.6. The zero-order chi connectivity index (χ0) is 15.6. The first-order valence-electron chi connectivity index (χ1n) is 8.46. The first-order valence-corrected chi connectivity index (χ1v) is 8.46. The second-order valence-corrected chi connectivity index (χ2v) is 6.61. The summed E-state index contributed by atoms with van der Waals surface area (Å²) in [5.41, 5.74) is 1.79. The van der Waals surface area contributed by atoms with Crippen molar-refractivity contribution in [3.8, 4) is 11.4 Å². The van der Waals surface area contributed by atoms with Gasteiger partial charge in [0.05, 0.1) is 6.04 Å². The third kappa shape index (κ3) is 3.01. The van der Waals surface area contributed by atoms with Gasteiger partial charge in [-0.05, 0) is 37.3 Å². The molecule has 120 valence electrons. The lowest BCUT2D eigenvalue weighted by Crippen LogP contribution is -2.39. The number of fused-ring (bicyclic) bond motifs is 1. The van der Waals surface area contributed by atoms with Crippen molar-refractivity contribution in [1.82, 2.24) is 15.3 Å². The van der Waals surface area contributed by atoms with Crippen LogP contribution in [0.5, 0.6) is 0 Å². The van der Waals surface area contributed by atoms with Gasteiger partial charge in [-0.2, -0.15) is 0 Å². The van der Waals surface area contributed by atoms with Gasteiger partial charge in [0.1, 0.15) is 5.82 Å². The average molecular weight is 310 g/mol. The molecule has 1 amide bonds. The lowest BCUT2D eigenvalue weighted by Gasteiger charge is -2.24. The molecule has 1 saturated heterocycles. The monoisotopic (exact) mass is 310 g/mol. The molecule has 2 aromatic rings. The fraction of sp³-hybridized carbons (Fsp3) is 0.444. The van der Waals surface area contributed by atoms with Crippen molar-refractivity contribution in [2.24, 2.45) is 5.92 Å². The molecule has 1 aromatic heterocycles. The number of hydrogen-bond donors (Lipinski definition) is 3. The molecule has 5 heteroatoms. The molecule has 2 aliphatic rings. The minimum Gasteiger partial charge on any atom is -0.345 e. The van der Waals surface area contributed by atoms with Gasteiger partial charge < -0.3 is 15.6 Å². The number of hydrogen-bond acceptors (Lipinski definition) is 3. The summed E-state index contributed by atoms with van der Waals surface area (Å²) in [4.78, 5) is 19.9. The summed E-state index contributed by atoms with van der Waals surface area (Å²) in [5, 5.41) is 6.58. The number of aromatic nitrogens is 2. The second-order valence-electron chi connectivity index (χ2n) is 6.61. The summed E-state index contributed by atoms with van der Waals surface area (Å²) in [7, 11) is 0. The fourth-order valence-electron chi connectivity index (χ4n) is 3.92. The van der Waals surface area contributed by atoms with E-state index in [0.717, 1.165) is 23.5 Å². The van der Waals surface area contributed by atoms with Gasteiger partial charge in [-0.3, -0.25) is 4.79 Å². The van der Waals surface area contributed by atoms with Gasteiger partial charge in [-0.25, -0.2) is 4.98 Å². The number of anilines is 1. The molecule has 4 rings (SSSR count). The Hall–Kier alpha value is -2.14. The summed E-state index contributed by atoms with van der Waals surface area (Å²) in [6, 6.07) is 8.28. The summed E-state index contributed by atoms with van der Waals surface area (Å²) in [6.45, 7) is 0. The minimum atomic E-state index is -0.0598. The van der Waals surface area contributed by atoms with Gasteiger partial charge >= 0.3 is 0 Å². The highest BCUT2D eigenvalue weighted by atomic mass is 16.2. The first kappa shape index (κ1) is 14.5. The lowest BCUT2D eigenvalue weighted by molar-refractivity contribution is -0.117. The highest BCUT2D eigenvalue weighted by Gasteiger charge is 2.38. The van der Waals surface area contributed by atoms with Crippen LogP contribution in [-0.4, -0.2) is 28.0 Å². The number of amides is 1. The number of nitrogens with zero attached hydrogens (tertiary/aromatic N) is 1. The van der Waals surface area contributed by atoms with Crippen molar-refractivity contribution in [2.75, 3.05) is 5.32 Å². The minimum absolute atomic E-state index is 0.0598. The van der Waals surface area contributed by atoms with E-state index in [0.29, 0.717) is 12.0 Å². The number of nitrogens with one attached hydrogen (secondary N) is 3. The normalized spacial score (nSPS) is 26.7.